The van der Waals surface area contributed by atoms with Crippen molar-refractivity contribution in [2.75, 3.05) is 0 Å². The zero-order valence-electron chi connectivity index (χ0n) is 4.27. The molecule has 0 bridgehead atoms. The minimum atomic E-state index is 0. The molecule has 0 aromatic carbocycles. The van der Waals surface area contributed by atoms with Crippen LogP contribution in [0.25, 0.3) is 0 Å². The van der Waals surface area contributed by atoms with E-state index in [1.807, 2.05) is 0 Å². The minimum absolute atomic E-state index is 0. The summed E-state index contributed by atoms with van der Waals surface area (Å²) in [6, 6.07) is 0. The van der Waals surface area contributed by atoms with E-state index in [-0.39, 0.29) is 47.5 Å². The average Bonchev–Trinajstić information content (AvgIpc) is 0.918. The van der Waals surface area contributed by atoms with E-state index >= 15 is 0 Å². The van der Waals surface area contributed by atoms with Crippen molar-refractivity contribution in [2.24, 2.45) is 0 Å². The molecule has 0 spiro atoms. The third-order valence-corrected chi connectivity index (χ3v) is 0. The second-order valence-corrected chi connectivity index (χ2v) is 0.333. The van der Waals surface area contributed by atoms with Crippen molar-refractivity contribution in [1.29, 1.82) is 0 Å². The second-order valence-electron chi connectivity index (χ2n) is 0.333. The smallest absolute Gasteiger partial charge is 0.518 e. The molecular weight excluding hydrogens is 152 g/mol. The second kappa shape index (κ2) is 37.7. The van der Waals surface area contributed by atoms with E-state index in [4.69, 9.17) is 6.58 Å². The third-order valence-electron chi connectivity index (χ3n) is 0. The van der Waals surface area contributed by atoms with Gasteiger partial charge < -0.3 is 14.0 Å². The summed E-state index contributed by atoms with van der Waals surface area (Å²) in [7, 11) is 0. The molecule has 0 atom stereocenters. The van der Waals surface area contributed by atoms with Crippen LogP contribution in [0.5, 0.6) is 0 Å². The van der Waals surface area contributed by atoms with Gasteiger partial charge in [-0.1, -0.05) is 6.92 Å². The molecule has 0 radical (unpaired) electrons. The molecule has 0 unspecified atom stereocenters. The minimum Gasteiger partial charge on any atom is -0.518 e. The van der Waals surface area contributed by atoms with E-state index in [0.717, 1.165) is 0 Å². The molecule has 0 aromatic rings. The molecule has 0 amide bonds. The molecule has 0 saturated carbocycles. The van der Waals surface area contributed by atoms with E-state index in [2.05, 4.69) is 0 Å². The van der Waals surface area contributed by atoms with Crippen molar-refractivity contribution in [3.05, 3.63) is 20.1 Å². The molecule has 0 rings (SSSR count). The van der Waals surface area contributed by atoms with E-state index in [1.54, 1.807) is 6.92 Å². The number of hydrogen-bond donors (Lipinski definition) is 0. The largest absolute Gasteiger partial charge is 2.00 e. The molecule has 0 heterocycles. The van der Waals surface area contributed by atoms with Gasteiger partial charge in [0.15, 0.2) is 0 Å². The van der Waals surface area contributed by atoms with Crippen LogP contribution in [0, 0.1) is 14.0 Å². The van der Waals surface area contributed by atoms with Crippen LogP contribution in [0.2, 0.25) is 0 Å². The first kappa shape index (κ1) is 28.1. The topological polar surface area (TPSA) is 0 Å². The van der Waals surface area contributed by atoms with Crippen LogP contribution in [-0.4, -0.2) is 23.1 Å². The molecule has 0 nitrogen and oxygen atoms in total. The summed E-state index contributed by atoms with van der Waals surface area (Å²) >= 11 is 0. The van der Waals surface area contributed by atoms with Gasteiger partial charge in [0, 0.05) is 0 Å². The van der Waals surface area contributed by atoms with E-state index in [1.165, 1.54) is 6.08 Å². The molecule has 0 aliphatic carbocycles. The summed E-state index contributed by atoms with van der Waals surface area (Å²) in [5, 5.41) is 0. The van der Waals surface area contributed by atoms with Gasteiger partial charge in [-0.2, -0.15) is 0 Å². The van der Waals surface area contributed by atoms with Gasteiger partial charge in [-0.05, 0) is 0 Å². The molecule has 0 aliphatic rings. The Morgan fingerprint density at radius 2 is 1.50 bits per heavy atom. The van der Waals surface area contributed by atoms with Gasteiger partial charge in [0.05, 0.1) is 0 Å². The van der Waals surface area contributed by atoms with Crippen molar-refractivity contribution in [1.82, 2.24) is 0 Å². The predicted octanol–water partition coefficient (Wildman–Crippen LogP) is 1.64. The number of halogens is 1. The number of allylic oxidation sites excluding steroid dienone is 1. The normalized spacial score (nSPS) is 2.17. The first-order valence-corrected chi connectivity index (χ1v) is 0.911. The maximum atomic E-state index is 4.72. The van der Waals surface area contributed by atoms with Crippen molar-refractivity contribution in [3.8, 4) is 0 Å². The molecule has 0 N–H and O–H groups in total. The Morgan fingerprint density at radius 1 is 1.50 bits per heavy atom. The summed E-state index contributed by atoms with van der Waals surface area (Å²) in [6.45, 7) is 6.50. The fourth-order valence-electron chi connectivity index (χ4n) is 0. The van der Waals surface area contributed by atoms with Gasteiger partial charge >= 0.3 is 23.1 Å². The summed E-state index contributed by atoms with van der Waals surface area (Å²) in [5.41, 5.74) is 0. The van der Waals surface area contributed by atoms with Crippen molar-refractivity contribution >= 4 is 40.0 Å². The third kappa shape index (κ3) is 81.5. The molecule has 0 aromatic heterocycles. The van der Waals surface area contributed by atoms with Crippen LogP contribution < -0.4 is 0 Å². The quantitative estimate of drug-likeness (QED) is 0.374. The van der Waals surface area contributed by atoms with Crippen LogP contribution in [0.3, 0.4) is 0 Å². The van der Waals surface area contributed by atoms with Gasteiger partial charge in [0.1, 0.15) is 0 Å². The Labute approximate surface area is 66.9 Å². The predicted molar refractivity (Wildman–Crippen MR) is 37.0 cm³/mol. The van der Waals surface area contributed by atoms with Crippen LogP contribution >= 0.6 is 17.0 Å². The zero-order valence-corrected chi connectivity index (χ0v) is 7.40. The average molecular weight is 161 g/mol. The van der Waals surface area contributed by atoms with Crippen LogP contribution in [-0.2, 0) is 0 Å². The molecule has 34 valence electrons. The summed E-state index contributed by atoms with van der Waals surface area (Å²) in [5.74, 6) is 0. The summed E-state index contributed by atoms with van der Waals surface area (Å²) in [6.07, 6.45) is 1.50. The summed E-state index contributed by atoms with van der Waals surface area (Å²) < 4.78 is 0. The first-order valence-electron chi connectivity index (χ1n) is 0.911. The Balaban J connectivity index is -0.00000000667. The van der Waals surface area contributed by atoms with Gasteiger partial charge in [-0.15, -0.1) is 17.0 Å². The van der Waals surface area contributed by atoms with Crippen molar-refractivity contribution in [2.45, 2.75) is 6.92 Å². The SMILES string of the molecule is Br.[CH-]=CC.[CH3-].[Mg+2]. The van der Waals surface area contributed by atoms with Crippen molar-refractivity contribution in [3.63, 3.8) is 0 Å². The van der Waals surface area contributed by atoms with Gasteiger partial charge in [-0.25, -0.2) is 0 Å². The van der Waals surface area contributed by atoms with Gasteiger partial charge in [0.25, 0.3) is 0 Å². The van der Waals surface area contributed by atoms with E-state index in [9.17, 15) is 0 Å². The molecule has 0 saturated heterocycles. The van der Waals surface area contributed by atoms with Gasteiger partial charge in [0.2, 0.25) is 0 Å². The Kier molecular flexibility index (Phi) is 177. The zero-order chi connectivity index (χ0) is 2.71. The summed E-state index contributed by atoms with van der Waals surface area (Å²) in [4.78, 5) is 0. The first-order chi connectivity index (χ1) is 1.41. The fourth-order valence-corrected chi connectivity index (χ4v) is 0. The van der Waals surface area contributed by atoms with Gasteiger partial charge in [-0.3, -0.25) is 6.08 Å². The monoisotopic (exact) mass is 160 g/mol. The Hall–Kier alpha value is 0.986. The van der Waals surface area contributed by atoms with Crippen LogP contribution in [0.15, 0.2) is 6.08 Å². The van der Waals surface area contributed by atoms with E-state index in [0.29, 0.717) is 0 Å². The molecule has 2 heteroatoms. The van der Waals surface area contributed by atoms with Crippen molar-refractivity contribution < 1.29 is 0 Å². The Morgan fingerprint density at radius 3 is 1.50 bits per heavy atom. The molecule has 0 fully saturated rings. The maximum Gasteiger partial charge on any atom is 2.00 e. The molecule has 6 heavy (non-hydrogen) atoms. The standard InChI is InChI=1S/C3H5.CH3.BrH.Mg/c1-3-2;;;/h1,3H,2H3;1H3;1H;/q2*-1;;+2. The molecular formula is C4H9BrMg. The Bertz CT molecular complexity index is 15.0. The number of hydrogen-bond acceptors (Lipinski definition) is 0. The van der Waals surface area contributed by atoms with Crippen LogP contribution in [0.4, 0.5) is 0 Å². The maximum absolute atomic E-state index is 4.72. The molecule has 0 aliphatic heterocycles. The van der Waals surface area contributed by atoms with Crippen LogP contribution in [0.1, 0.15) is 6.92 Å². The fraction of sp³-hybridized carbons (Fsp3) is 0.250. The van der Waals surface area contributed by atoms with E-state index < -0.39 is 0 Å². The number of rotatable bonds is 0.